The van der Waals surface area contributed by atoms with E-state index in [0.29, 0.717) is 39.0 Å². The Morgan fingerprint density at radius 1 is 0.818 bits per heavy atom. The van der Waals surface area contributed by atoms with Gasteiger partial charge in [0.2, 0.25) is 17.7 Å². The summed E-state index contributed by atoms with van der Waals surface area (Å²) in [4.78, 5) is 49.3. The number of aliphatic hydroxyl groups excluding tert-OH is 1. The van der Waals surface area contributed by atoms with Gasteiger partial charge in [-0.25, -0.2) is 0 Å². The smallest absolute Gasteiger partial charge is 0.249 e. The first-order valence-corrected chi connectivity index (χ1v) is 15.9. The minimum Gasteiger partial charge on any atom is -0.394 e. The highest BCUT2D eigenvalue weighted by Crippen LogP contribution is 2.59. The van der Waals surface area contributed by atoms with Crippen molar-refractivity contribution in [2.75, 3.05) is 19.7 Å². The number of amides is 3. The van der Waals surface area contributed by atoms with Gasteiger partial charge in [-0.15, -0.1) is 0 Å². The molecule has 4 heterocycles. The van der Waals surface area contributed by atoms with Crippen LogP contribution in [0.25, 0.3) is 0 Å². The van der Waals surface area contributed by atoms with Gasteiger partial charge in [0, 0.05) is 26.2 Å². The van der Waals surface area contributed by atoms with Gasteiger partial charge in [0.25, 0.3) is 0 Å². The maximum atomic E-state index is 14.8. The van der Waals surface area contributed by atoms with Crippen molar-refractivity contribution < 1.29 is 24.2 Å². The van der Waals surface area contributed by atoms with Crippen LogP contribution in [0.2, 0.25) is 0 Å². The third-order valence-electron chi connectivity index (χ3n) is 9.82. The summed E-state index contributed by atoms with van der Waals surface area (Å²) >= 11 is 0. The average molecular weight is 598 g/mol. The molecule has 0 radical (unpaired) electrons. The van der Waals surface area contributed by atoms with E-state index in [-0.39, 0.29) is 30.2 Å². The molecule has 1 N–H and O–H groups in total. The van der Waals surface area contributed by atoms with Gasteiger partial charge < -0.3 is 24.5 Å². The highest BCUT2D eigenvalue weighted by molar-refractivity contribution is 6.00. The van der Waals surface area contributed by atoms with Crippen molar-refractivity contribution >= 4 is 17.7 Å². The summed E-state index contributed by atoms with van der Waals surface area (Å²) in [5.41, 5.74) is -0.405. The Labute approximate surface area is 260 Å². The molecule has 0 saturated carbocycles. The molecule has 6 rings (SSSR count). The SMILES string of the molecule is CC[C@]12C=CCN(Cc3ccccc3)C(=O)[C@H]1[C@H]1C(=O)N([C@@H](CO)CC(C)C)C3C(=O)N(Cc4ccccc4)CC=C[C@@]31O2. The quantitative estimate of drug-likeness (QED) is 0.442. The van der Waals surface area contributed by atoms with E-state index in [9.17, 15) is 19.5 Å². The zero-order chi connectivity index (χ0) is 31.1. The van der Waals surface area contributed by atoms with Crippen LogP contribution < -0.4 is 0 Å². The molecule has 0 aromatic heterocycles. The molecule has 0 aliphatic carbocycles. The number of hydrogen-bond acceptors (Lipinski definition) is 5. The minimum absolute atomic E-state index is 0.146. The summed E-state index contributed by atoms with van der Waals surface area (Å²) < 4.78 is 7.10. The van der Waals surface area contributed by atoms with Crippen LogP contribution in [0.3, 0.4) is 0 Å². The molecule has 2 aromatic carbocycles. The van der Waals surface area contributed by atoms with Gasteiger partial charge in [0.05, 0.1) is 30.1 Å². The van der Waals surface area contributed by atoms with Crippen molar-refractivity contribution in [1.29, 1.82) is 0 Å². The number of nitrogens with zero attached hydrogens (tertiary/aromatic N) is 3. The fourth-order valence-corrected chi connectivity index (χ4v) is 7.90. The summed E-state index contributed by atoms with van der Waals surface area (Å²) in [7, 11) is 0. The summed E-state index contributed by atoms with van der Waals surface area (Å²) in [6.07, 6.45) is 8.74. The number of ether oxygens (including phenoxy) is 1. The Morgan fingerprint density at radius 3 is 1.93 bits per heavy atom. The van der Waals surface area contributed by atoms with Crippen LogP contribution in [-0.4, -0.2) is 80.5 Å². The molecule has 2 fully saturated rings. The van der Waals surface area contributed by atoms with Crippen LogP contribution in [0.5, 0.6) is 0 Å². The largest absolute Gasteiger partial charge is 0.394 e. The third-order valence-corrected chi connectivity index (χ3v) is 9.82. The zero-order valence-electron chi connectivity index (χ0n) is 25.8. The first kappa shape index (κ1) is 30.3. The third kappa shape index (κ3) is 4.98. The number of aliphatic hydroxyl groups is 1. The molecular formula is C36H43N3O5. The van der Waals surface area contributed by atoms with E-state index in [0.717, 1.165) is 11.1 Å². The molecule has 1 unspecified atom stereocenters. The van der Waals surface area contributed by atoms with Crippen LogP contribution in [0.15, 0.2) is 85.0 Å². The second-order valence-corrected chi connectivity index (χ2v) is 13.0. The fourth-order valence-electron chi connectivity index (χ4n) is 7.90. The van der Waals surface area contributed by atoms with Gasteiger partial charge in [-0.3, -0.25) is 14.4 Å². The lowest BCUT2D eigenvalue weighted by molar-refractivity contribution is -0.158. The lowest BCUT2D eigenvalue weighted by Crippen LogP contribution is -2.59. The van der Waals surface area contributed by atoms with Gasteiger partial charge >= 0.3 is 0 Å². The topological polar surface area (TPSA) is 90.4 Å². The average Bonchev–Trinajstić information content (AvgIpc) is 3.33. The molecular weight excluding hydrogens is 554 g/mol. The van der Waals surface area contributed by atoms with Crippen molar-refractivity contribution in [1.82, 2.24) is 14.7 Å². The fraction of sp³-hybridized carbons (Fsp3) is 0.472. The first-order valence-electron chi connectivity index (χ1n) is 15.9. The van der Waals surface area contributed by atoms with Crippen LogP contribution in [-0.2, 0) is 32.2 Å². The summed E-state index contributed by atoms with van der Waals surface area (Å²) in [6, 6.07) is 18.0. The van der Waals surface area contributed by atoms with Crippen LogP contribution in [0.1, 0.15) is 44.7 Å². The molecule has 2 aromatic rings. The normalized spacial score (nSPS) is 30.3. The van der Waals surface area contributed by atoms with E-state index in [1.54, 1.807) is 14.7 Å². The second kappa shape index (κ2) is 12.0. The number of carbonyl (C=O) groups excluding carboxylic acids is 3. The predicted molar refractivity (Wildman–Crippen MR) is 167 cm³/mol. The van der Waals surface area contributed by atoms with Crippen molar-refractivity contribution in [3.05, 3.63) is 96.1 Å². The van der Waals surface area contributed by atoms with E-state index in [2.05, 4.69) is 0 Å². The van der Waals surface area contributed by atoms with Crippen molar-refractivity contribution in [3.63, 3.8) is 0 Å². The van der Waals surface area contributed by atoms with Gasteiger partial charge in [-0.2, -0.15) is 0 Å². The van der Waals surface area contributed by atoms with Gasteiger partial charge in [-0.05, 0) is 29.9 Å². The molecule has 3 amide bonds. The highest BCUT2D eigenvalue weighted by atomic mass is 16.5. The van der Waals surface area contributed by atoms with Crippen LogP contribution in [0, 0.1) is 17.8 Å². The number of carbonyl (C=O) groups is 3. The van der Waals surface area contributed by atoms with E-state index in [1.165, 1.54) is 0 Å². The first-order chi connectivity index (χ1) is 21.2. The predicted octanol–water partition coefficient (Wildman–Crippen LogP) is 3.95. The Balaban J connectivity index is 1.45. The van der Waals surface area contributed by atoms with Gasteiger partial charge in [0.15, 0.2) is 0 Å². The molecule has 4 aliphatic heterocycles. The standard InChI is InChI=1S/C36H43N3O5/c1-4-35-17-11-19-37(22-26-13-7-5-8-14-26)32(41)29(35)30-33(42)39(28(24-40)21-25(2)3)31-34(43)38(20-12-18-36(30,31)44-35)23-27-15-9-6-10-16-27/h5-18,25,28-31,40H,4,19-24H2,1-3H3/t28-,29-,30+,31?,35+,36+/m1/s1. The van der Waals surface area contributed by atoms with Gasteiger partial charge in [-0.1, -0.05) is 106 Å². The maximum absolute atomic E-state index is 14.8. The number of likely N-dealkylation sites (tertiary alicyclic amines) is 1. The Bertz CT molecular complexity index is 1440. The second-order valence-electron chi connectivity index (χ2n) is 13.0. The minimum atomic E-state index is -1.35. The molecule has 232 valence electrons. The Kier molecular flexibility index (Phi) is 8.24. The zero-order valence-corrected chi connectivity index (χ0v) is 25.8. The van der Waals surface area contributed by atoms with Crippen LogP contribution in [0.4, 0.5) is 0 Å². The van der Waals surface area contributed by atoms with Gasteiger partial charge in [0.1, 0.15) is 11.6 Å². The van der Waals surface area contributed by atoms with Crippen molar-refractivity contribution in [2.45, 2.75) is 70.0 Å². The number of benzene rings is 2. The summed E-state index contributed by atoms with van der Waals surface area (Å²) in [5, 5.41) is 10.6. The number of fused-ring (bicyclic) bond motifs is 2. The molecule has 6 atom stereocenters. The van der Waals surface area contributed by atoms with E-state index < -0.39 is 35.1 Å². The Morgan fingerprint density at radius 2 is 1.39 bits per heavy atom. The highest BCUT2D eigenvalue weighted by Gasteiger charge is 2.75. The lowest BCUT2D eigenvalue weighted by atomic mass is 9.73. The summed E-state index contributed by atoms with van der Waals surface area (Å²) in [5.74, 6) is -2.21. The van der Waals surface area contributed by atoms with E-state index in [4.69, 9.17) is 4.74 Å². The number of hydrogen-bond donors (Lipinski definition) is 1. The molecule has 8 heteroatoms. The molecule has 1 spiro atoms. The van der Waals surface area contributed by atoms with E-state index >= 15 is 0 Å². The lowest BCUT2D eigenvalue weighted by Gasteiger charge is -2.41. The molecule has 2 saturated heterocycles. The van der Waals surface area contributed by atoms with E-state index in [1.807, 2.05) is 106 Å². The van der Waals surface area contributed by atoms with Crippen LogP contribution >= 0.6 is 0 Å². The molecule has 0 bridgehead atoms. The monoisotopic (exact) mass is 597 g/mol. The molecule has 8 nitrogen and oxygen atoms in total. The van der Waals surface area contributed by atoms with Crippen molar-refractivity contribution in [3.8, 4) is 0 Å². The maximum Gasteiger partial charge on any atom is 0.249 e. The summed E-state index contributed by atoms with van der Waals surface area (Å²) in [6.45, 7) is 7.32. The Hall–Kier alpha value is -3.75. The molecule has 4 aliphatic rings. The number of rotatable bonds is 9. The van der Waals surface area contributed by atoms with Crippen molar-refractivity contribution in [2.24, 2.45) is 17.8 Å². The molecule has 44 heavy (non-hydrogen) atoms.